The molecule has 1 N–H and O–H groups in total. The van der Waals surface area contributed by atoms with Gasteiger partial charge in [0.25, 0.3) is 10.0 Å². The van der Waals surface area contributed by atoms with Gasteiger partial charge in [0.2, 0.25) is 11.8 Å². The highest BCUT2D eigenvalue weighted by atomic mass is 35.5. The van der Waals surface area contributed by atoms with Crippen molar-refractivity contribution in [1.82, 2.24) is 10.2 Å². The lowest BCUT2D eigenvalue weighted by Crippen LogP contribution is -2.53. The Kier molecular flexibility index (Phi) is 11.1. The van der Waals surface area contributed by atoms with E-state index in [-0.39, 0.29) is 29.1 Å². The van der Waals surface area contributed by atoms with Gasteiger partial charge in [-0.1, -0.05) is 79.2 Å². The highest BCUT2D eigenvalue weighted by Gasteiger charge is 2.35. The molecular formula is C34H35ClFN3O4S. The molecule has 4 rings (SSSR count). The van der Waals surface area contributed by atoms with Crippen LogP contribution in [0.4, 0.5) is 10.1 Å². The minimum atomic E-state index is -4.26. The lowest BCUT2D eigenvalue weighted by Gasteiger charge is -2.34. The lowest BCUT2D eigenvalue weighted by atomic mass is 10.0. The molecular weight excluding hydrogens is 601 g/mol. The minimum Gasteiger partial charge on any atom is -0.354 e. The third kappa shape index (κ3) is 8.24. The van der Waals surface area contributed by atoms with Gasteiger partial charge in [0, 0.05) is 30.1 Å². The Morgan fingerprint density at radius 2 is 1.59 bits per heavy atom. The standard InChI is InChI=1S/C34H35ClFN3O4S/c1-3-20-37-34(41)32(22-26-11-5-4-6-12-26)38(23-27-13-7-8-15-31(27)36)33(40)24-39(29-14-9-10-25(2)21-29)44(42,43)30-18-16-28(35)17-19-30/h4-19,21,32H,3,20,22-24H2,1-2H3,(H,37,41)/t32-/m0/s1. The van der Waals surface area contributed by atoms with Gasteiger partial charge in [0.15, 0.2) is 0 Å². The first-order valence-electron chi connectivity index (χ1n) is 14.3. The van der Waals surface area contributed by atoms with Gasteiger partial charge < -0.3 is 10.2 Å². The summed E-state index contributed by atoms with van der Waals surface area (Å²) >= 11 is 6.02. The Balaban J connectivity index is 1.80. The monoisotopic (exact) mass is 635 g/mol. The van der Waals surface area contributed by atoms with Crippen molar-refractivity contribution in [2.75, 3.05) is 17.4 Å². The largest absolute Gasteiger partial charge is 0.354 e. The summed E-state index contributed by atoms with van der Waals surface area (Å²) in [6, 6.07) is 26.6. The molecule has 0 radical (unpaired) electrons. The zero-order chi connectivity index (χ0) is 31.7. The van der Waals surface area contributed by atoms with Gasteiger partial charge in [-0.3, -0.25) is 13.9 Å². The van der Waals surface area contributed by atoms with Crippen molar-refractivity contribution >= 4 is 39.1 Å². The summed E-state index contributed by atoms with van der Waals surface area (Å²) in [6.45, 7) is 3.24. The number of hydrogen-bond donors (Lipinski definition) is 1. The zero-order valence-electron chi connectivity index (χ0n) is 24.6. The molecule has 0 saturated carbocycles. The summed E-state index contributed by atoms with van der Waals surface area (Å²) in [5.41, 5.74) is 2.05. The summed E-state index contributed by atoms with van der Waals surface area (Å²) in [5.74, 6) is -1.62. The number of rotatable bonds is 13. The van der Waals surface area contributed by atoms with Crippen molar-refractivity contribution in [2.24, 2.45) is 0 Å². The molecule has 4 aromatic rings. The molecule has 0 bridgehead atoms. The quantitative estimate of drug-likeness (QED) is 0.191. The van der Waals surface area contributed by atoms with Crippen LogP contribution in [0.15, 0.2) is 108 Å². The van der Waals surface area contributed by atoms with Crippen molar-refractivity contribution in [3.05, 3.63) is 131 Å². The van der Waals surface area contributed by atoms with Crippen molar-refractivity contribution in [2.45, 2.75) is 44.2 Å². The number of anilines is 1. The molecule has 0 unspecified atom stereocenters. The maximum atomic E-state index is 15.0. The fourth-order valence-electron chi connectivity index (χ4n) is 4.78. The predicted molar refractivity (Wildman–Crippen MR) is 171 cm³/mol. The van der Waals surface area contributed by atoms with Crippen molar-refractivity contribution in [3.63, 3.8) is 0 Å². The lowest BCUT2D eigenvalue weighted by molar-refractivity contribution is -0.140. The molecule has 0 heterocycles. The van der Waals surface area contributed by atoms with E-state index in [2.05, 4.69) is 5.32 Å². The summed E-state index contributed by atoms with van der Waals surface area (Å²) in [5, 5.41) is 3.23. The van der Waals surface area contributed by atoms with E-state index >= 15 is 0 Å². The second-order valence-electron chi connectivity index (χ2n) is 10.4. The third-order valence-corrected chi connectivity index (χ3v) is 9.13. The molecule has 10 heteroatoms. The van der Waals surface area contributed by atoms with E-state index in [0.29, 0.717) is 18.0 Å². The molecule has 230 valence electrons. The third-order valence-electron chi connectivity index (χ3n) is 7.09. The van der Waals surface area contributed by atoms with Crippen LogP contribution in [0.2, 0.25) is 5.02 Å². The molecule has 0 spiro atoms. The van der Waals surface area contributed by atoms with Gasteiger partial charge in [-0.25, -0.2) is 12.8 Å². The number of carbonyl (C=O) groups is 2. The van der Waals surface area contributed by atoms with Crippen molar-refractivity contribution < 1.29 is 22.4 Å². The first-order chi connectivity index (χ1) is 21.1. The Labute approximate surface area is 263 Å². The molecule has 0 aromatic heterocycles. The van der Waals surface area contributed by atoms with Crippen LogP contribution in [0.25, 0.3) is 0 Å². The molecule has 0 aliphatic carbocycles. The minimum absolute atomic E-state index is 0.0571. The van der Waals surface area contributed by atoms with Gasteiger partial charge in [-0.05, 0) is 66.9 Å². The summed E-state index contributed by atoms with van der Waals surface area (Å²) in [7, 11) is -4.26. The molecule has 0 aliphatic heterocycles. The summed E-state index contributed by atoms with van der Waals surface area (Å²) in [6.07, 6.45) is 0.816. The predicted octanol–water partition coefficient (Wildman–Crippen LogP) is 6.15. The van der Waals surface area contributed by atoms with Gasteiger partial charge >= 0.3 is 0 Å². The molecule has 2 amide bonds. The molecule has 4 aromatic carbocycles. The first-order valence-corrected chi connectivity index (χ1v) is 16.1. The number of hydrogen-bond acceptors (Lipinski definition) is 4. The number of carbonyl (C=O) groups excluding carboxylic acids is 2. The van der Waals surface area contributed by atoms with Crippen LogP contribution in [0.3, 0.4) is 0 Å². The second kappa shape index (κ2) is 15.0. The number of aryl methyl sites for hydroxylation is 1. The van der Waals surface area contributed by atoms with Crippen molar-refractivity contribution in [3.8, 4) is 0 Å². The van der Waals surface area contributed by atoms with E-state index in [1.807, 2.05) is 50.2 Å². The van der Waals surface area contributed by atoms with Gasteiger partial charge in [-0.15, -0.1) is 0 Å². The van der Waals surface area contributed by atoms with E-state index in [1.165, 1.54) is 35.2 Å². The first kappa shape index (κ1) is 32.7. The average Bonchev–Trinajstić information content (AvgIpc) is 3.01. The molecule has 0 aliphatic rings. The van der Waals surface area contributed by atoms with Crippen LogP contribution < -0.4 is 9.62 Å². The Morgan fingerprint density at radius 1 is 0.909 bits per heavy atom. The number of halogens is 2. The fraction of sp³-hybridized carbons (Fsp3) is 0.235. The summed E-state index contributed by atoms with van der Waals surface area (Å²) < 4.78 is 44.1. The highest BCUT2D eigenvalue weighted by Crippen LogP contribution is 2.27. The highest BCUT2D eigenvalue weighted by molar-refractivity contribution is 7.92. The number of nitrogens with one attached hydrogen (secondary N) is 1. The van der Waals surface area contributed by atoms with Crippen LogP contribution >= 0.6 is 11.6 Å². The van der Waals surface area contributed by atoms with Crippen molar-refractivity contribution in [1.29, 1.82) is 0 Å². The van der Waals surface area contributed by atoms with E-state index in [0.717, 1.165) is 15.4 Å². The Morgan fingerprint density at radius 3 is 2.25 bits per heavy atom. The molecule has 0 saturated heterocycles. The van der Waals surface area contributed by atoms with Gasteiger partial charge in [0.05, 0.1) is 10.6 Å². The fourth-order valence-corrected chi connectivity index (χ4v) is 6.31. The maximum absolute atomic E-state index is 15.0. The van der Waals surface area contributed by atoms with Crippen LogP contribution in [-0.2, 0) is 32.6 Å². The van der Waals surface area contributed by atoms with E-state index in [9.17, 15) is 22.4 Å². The number of nitrogens with zero attached hydrogens (tertiary/aromatic N) is 2. The average molecular weight is 636 g/mol. The van der Waals surface area contributed by atoms with Crippen LogP contribution in [0.1, 0.15) is 30.0 Å². The zero-order valence-corrected chi connectivity index (χ0v) is 26.2. The molecule has 44 heavy (non-hydrogen) atoms. The smallest absolute Gasteiger partial charge is 0.264 e. The van der Waals surface area contributed by atoms with Crippen LogP contribution in [0.5, 0.6) is 0 Å². The van der Waals surface area contributed by atoms with Gasteiger partial charge in [-0.2, -0.15) is 0 Å². The normalized spacial score (nSPS) is 11.9. The topological polar surface area (TPSA) is 86.8 Å². The van der Waals surface area contributed by atoms with Gasteiger partial charge in [0.1, 0.15) is 18.4 Å². The second-order valence-corrected chi connectivity index (χ2v) is 12.7. The molecule has 0 fully saturated rings. The number of benzene rings is 4. The maximum Gasteiger partial charge on any atom is 0.264 e. The van der Waals surface area contributed by atoms with Crippen LogP contribution in [0, 0.1) is 12.7 Å². The van der Waals surface area contributed by atoms with E-state index in [1.54, 1.807) is 36.4 Å². The van der Waals surface area contributed by atoms with Crippen LogP contribution in [-0.4, -0.2) is 44.3 Å². The number of sulfonamides is 1. The SMILES string of the molecule is CCCNC(=O)[C@H](Cc1ccccc1)N(Cc1ccccc1F)C(=O)CN(c1cccc(C)c1)S(=O)(=O)c1ccc(Cl)cc1. The molecule has 1 atom stereocenters. The van der Waals surface area contributed by atoms with E-state index < -0.39 is 40.2 Å². The number of amides is 2. The summed E-state index contributed by atoms with van der Waals surface area (Å²) in [4.78, 5) is 29.2. The molecule has 7 nitrogen and oxygen atoms in total. The Hall–Kier alpha value is -4.21. The Bertz CT molecular complexity index is 1680. The van der Waals surface area contributed by atoms with E-state index in [4.69, 9.17) is 11.6 Å².